The van der Waals surface area contributed by atoms with Gasteiger partial charge in [0.15, 0.2) is 0 Å². The third kappa shape index (κ3) is 4.01. The SMILES string of the molecule is Cn1nc2c(c1CN1CCC(Cn3cnc(C(F)F)cc3=O)CC1)CCCC2. The number of halogens is 2. The van der Waals surface area contributed by atoms with Crippen molar-refractivity contribution in [1.82, 2.24) is 24.2 Å². The fraction of sp³-hybridized carbons (Fsp3) is 0.650. The predicted octanol–water partition coefficient (Wildman–Crippen LogP) is 2.71. The molecule has 0 amide bonds. The number of rotatable bonds is 5. The Morgan fingerprint density at radius 2 is 1.96 bits per heavy atom. The van der Waals surface area contributed by atoms with Crippen molar-refractivity contribution in [3.05, 3.63) is 45.4 Å². The summed E-state index contributed by atoms with van der Waals surface area (Å²) >= 11 is 0. The summed E-state index contributed by atoms with van der Waals surface area (Å²) in [5.41, 5.74) is 3.23. The minimum atomic E-state index is -2.71. The molecule has 1 fully saturated rings. The Morgan fingerprint density at radius 3 is 2.68 bits per heavy atom. The molecule has 28 heavy (non-hydrogen) atoms. The van der Waals surface area contributed by atoms with Gasteiger partial charge in [-0.05, 0) is 63.1 Å². The molecule has 4 rings (SSSR count). The molecule has 1 aliphatic carbocycles. The summed E-state index contributed by atoms with van der Waals surface area (Å²) in [6.07, 6.45) is 5.26. The van der Waals surface area contributed by atoms with Crippen molar-refractivity contribution in [2.24, 2.45) is 13.0 Å². The maximum atomic E-state index is 12.6. The number of fused-ring (bicyclic) bond motifs is 1. The van der Waals surface area contributed by atoms with Crippen LogP contribution in [-0.4, -0.2) is 37.3 Å². The number of hydrogen-bond donors (Lipinski definition) is 0. The van der Waals surface area contributed by atoms with Gasteiger partial charge in [0.1, 0.15) is 5.69 Å². The molecule has 0 saturated carbocycles. The van der Waals surface area contributed by atoms with Gasteiger partial charge in [-0.15, -0.1) is 0 Å². The van der Waals surface area contributed by atoms with Crippen molar-refractivity contribution in [3.63, 3.8) is 0 Å². The van der Waals surface area contributed by atoms with E-state index in [0.29, 0.717) is 12.5 Å². The molecule has 3 heterocycles. The normalized spacial score (nSPS) is 18.6. The van der Waals surface area contributed by atoms with Crippen LogP contribution in [0, 0.1) is 5.92 Å². The van der Waals surface area contributed by atoms with Gasteiger partial charge in [-0.25, -0.2) is 13.8 Å². The number of aromatic nitrogens is 4. The topological polar surface area (TPSA) is 56.0 Å². The highest BCUT2D eigenvalue weighted by molar-refractivity contribution is 5.28. The van der Waals surface area contributed by atoms with Crippen LogP contribution in [0.4, 0.5) is 8.78 Å². The highest BCUT2D eigenvalue weighted by Gasteiger charge is 2.24. The van der Waals surface area contributed by atoms with E-state index in [1.165, 1.54) is 40.7 Å². The van der Waals surface area contributed by atoms with Crippen LogP contribution in [0.3, 0.4) is 0 Å². The Bertz CT molecular complexity index is 883. The second-order valence-electron chi connectivity index (χ2n) is 8.03. The average molecular weight is 391 g/mol. The Balaban J connectivity index is 1.34. The molecule has 2 aliphatic rings. The van der Waals surface area contributed by atoms with Crippen LogP contribution in [0.5, 0.6) is 0 Å². The maximum Gasteiger partial charge on any atom is 0.280 e. The van der Waals surface area contributed by atoms with Crippen LogP contribution >= 0.6 is 0 Å². The van der Waals surface area contributed by atoms with Crippen molar-refractivity contribution in [2.75, 3.05) is 13.1 Å². The van der Waals surface area contributed by atoms with Crippen molar-refractivity contribution >= 4 is 0 Å². The number of alkyl halides is 2. The van der Waals surface area contributed by atoms with Gasteiger partial charge in [0.25, 0.3) is 12.0 Å². The van der Waals surface area contributed by atoms with Gasteiger partial charge < -0.3 is 0 Å². The first kappa shape index (κ1) is 19.2. The Morgan fingerprint density at radius 1 is 1.21 bits per heavy atom. The molecule has 0 aromatic carbocycles. The van der Waals surface area contributed by atoms with E-state index >= 15 is 0 Å². The third-order valence-electron chi connectivity index (χ3n) is 6.11. The maximum absolute atomic E-state index is 12.6. The van der Waals surface area contributed by atoms with Crippen molar-refractivity contribution in [3.8, 4) is 0 Å². The quantitative estimate of drug-likeness (QED) is 0.787. The molecular formula is C20H27F2N5O. The van der Waals surface area contributed by atoms with E-state index in [1.54, 1.807) is 0 Å². The lowest BCUT2D eigenvalue weighted by Crippen LogP contribution is -2.36. The second-order valence-corrected chi connectivity index (χ2v) is 8.03. The largest absolute Gasteiger partial charge is 0.299 e. The van der Waals surface area contributed by atoms with Crippen molar-refractivity contribution < 1.29 is 8.78 Å². The molecule has 6 nitrogen and oxygen atoms in total. The molecule has 0 spiro atoms. The van der Waals surface area contributed by atoms with E-state index in [-0.39, 0.29) is 0 Å². The van der Waals surface area contributed by atoms with Gasteiger partial charge >= 0.3 is 0 Å². The molecule has 2 aromatic rings. The smallest absolute Gasteiger partial charge is 0.280 e. The van der Waals surface area contributed by atoms with E-state index in [2.05, 4.69) is 14.6 Å². The lowest BCUT2D eigenvalue weighted by Gasteiger charge is -2.32. The fourth-order valence-corrected chi connectivity index (χ4v) is 4.46. The summed E-state index contributed by atoms with van der Waals surface area (Å²) in [6, 6.07) is 0.950. The summed E-state index contributed by atoms with van der Waals surface area (Å²) in [5.74, 6) is 0.369. The van der Waals surface area contributed by atoms with Gasteiger partial charge in [0.2, 0.25) is 0 Å². The number of piperidine rings is 1. The van der Waals surface area contributed by atoms with Crippen LogP contribution in [0.15, 0.2) is 17.2 Å². The number of likely N-dealkylation sites (tertiary alicyclic amines) is 1. The van der Waals surface area contributed by atoms with Crippen LogP contribution in [-0.2, 0) is 33.0 Å². The Labute approximate surface area is 163 Å². The van der Waals surface area contributed by atoms with Gasteiger partial charge in [0, 0.05) is 26.2 Å². The highest BCUT2D eigenvalue weighted by atomic mass is 19.3. The summed E-state index contributed by atoms with van der Waals surface area (Å²) in [4.78, 5) is 18.2. The molecule has 8 heteroatoms. The standard InChI is InChI=1S/C20H27F2N5O/c1-25-18(15-4-2-3-5-16(15)24-25)12-26-8-6-14(7-9-26)11-27-13-23-17(20(21)22)10-19(27)28/h10,13-14,20H,2-9,11-12H2,1H3. The number of nitrogens with zero attached hydrogens (tertiary/aromatic N) is 5. The van der Waals surface area contributed by atoms with E-state index in [0.717, 1.165) is 51.4 Å². The monoisotopic (exact) mass is 391 g/mol. The summed E-state index contributed by atoms with van der Waals surface area (Å²) < 4.78 is 28.8. The zero-order valence-electron chi connectivity index (χ0n) is 16.3. The molecular weight excluding hydrogens is 364 g/mol. The molecule has 1 saturated heterocycles. The molecule has 0 N–H and O–H groups in total. The first-order valence-corrected chi connectivity index (χ1v) is 10.1. The molecule has 0 radical (unpaired) electrons. The molecule has 2 aromatic heterocycles. The minimum Gasteiger partial charge on any atom is -0.299 e. The Kier molecular flexibility index (Phi) is 5.57. The molecule has 1 aliphatic heterocycles. The minimum absolute atomic E-state index is 0.369. The third-order valence-corrected chi connectivity index (χ3v) is 6.11. The van der Waals surface area contributed by atoms with Crippen LogP contribution < -0.4 is 5.56 Å². The molecule has 0 unspecified atom stereocenters. The molecule has 0 atom stereocenters. The van der Waals surface area contributed by atoms with E-state index < -0.39 is 17.7 Å². The predicted molar refractivity (Wildman–Crippen MR) is 101 cm³/mol. The van der Waals surface area contributed by atoms with Crippen LogP contribution in [0.1, 0.15) is 54.8 Å². The van der Waals surface area contributed by atoms with Gasteiger partial charge in [0.05, 0.1) is 17.7 Å². The van der Waals surface area contributed by atoms with Gasteiger partial charge in [-0.3, -0.25) is 18.9 Å². The zero-order valence-corrected chi connectivity index (χ0v) is 16.3. The summed E-state index contributed by atoms with van der Waals surface area (Å²) in [5, 5.41) is 4.71. The second kappa shape index (κ2) is 8.11. The van der Waals surface area contributed by atoms with Crippen LogP contribution in [0.25, 0.3) is 0 Å². The van der Waals surface area contributed by atoms with Crippen molar-refractivity contribution in [2.45, 2.75) is 58.0 Å². The first-order valence-electron chi connectivity index (χ1n) is 10.1. The molecule has 0 bridgehead atoms. The lowest BCUT2D eigenvalue weighted by molar-refractivity contribution is 0.144. The zero-order chi connectivity index (χ0) is 19.7. The highest BCUT2D eigenvalue weighted by Crippen LogP contribution is 2.26. The lowest BCUT2D eigenvalue weighted by atomic mass is 9.94. The van der Waals surface area contributed by atoms with E-state index in [4.69, 9.17) is 5.10 Å². The van der Waals surface area contributed by atoms with E-state index in [9.17, 15) is 13.6 Å². The summed E-state index contributed by atoms with van der Waals surface area (Å²) in [6.45, 7) is 3.42. The average Bonchev–Trinajstić information content (AvgIpc) is 3.00. The van der Waals surface area contributed by atoms with Crippen molar-refractivity contribution in [1.29, 1.82) is 0 Å². The number of aryl methyl sites for hydroxylation is 2. The Hall–Kier alpha value is -2.09. The molecule has 152 valence electrons. The van der Waals surface area contributed by atoms with Gasteiger partial charge in [-0.2, -0.15) is 5.10 Å². The summed E-state index contributed by atoms with van der Waals surface area (Å²) in [7, 11) is 2.04. The van der Waals surface area contributed by atoms with E-state index in [1.807, 2.05) is 7.05 Å². The number of hydrogen-bond acceptors (Lipinski definition) is 4. The van der Waals surface area contributed by atoms with Gasteiger partial charge in [-0.1, -0.05) is 0 Å². The first-order chi connectivity index (χ1) is 13.5. The fourth-order valence-electron chi connectivity index (χ4n) is 4.46. The van der Waals surface area contributed by atoms with Crippen LogP contribution in [0.2, 0.25) is 0 Å².